The van der Waals surface area contributed by atoms with Gasteiger partial charge in [0.05, 0.1) is 18.8 Å². The Hall–Kier alpha value is -1.59. The second-order valence-corrected chi connectivity index (χ2v) is 5.81. The molecule has 2 heterocycles. The number of para-hydroxylation sites is 1. The Morgan fingerprint density at radius 1 is 1.29 bits per heavy atom. The maximum Gasteiger partial charge on any atom is 0.257 e. The summed E-state index contributed by atoms with van der Waals surface area (Å²) in [5.74, 6) is 0.0456. The molecule has 2 saturated heterocycles. The molecule has 2 aliphatic heterocycles. The molecule has 2 fully saturated rings. The van der Waals surface area contributed by atoms with Crippen molar-refractivity contribution >= 4 is 5.91 Å². The number of amides is 1. The molecule has 1 aromatic rings. The normalized spacial score (nSPS) is 23.5. The maximum absolute atomic E-state index is 12.6. The van der Waals surface area contributed by atoms with Crippen LogP contribution in [0.4, 0.5) is 0 Å². The molecule has 2 aliphatic rings. The van der Waals surface area contributed by atoms with Crippen LogP contribution in [0.5, 0.6) is 5.75 Å². The van der Waals surface area contributed by atoms with Crippen LogP contribution < -0.4 is 0 Å². The number of hydrogen-bond donors (Lipinski definition) is 1. The summed E-state index contributed by atoms with van der Waals surface area (Å²) in [6.07, 6.45) is 0.998. The lowest BCUT2D eigenvalue weighted by Gasteiger charge is -2.32. The van der Waals surface area contributed by atoms with Crippen LogP contribution >= 0.6 is 0 Å². The number of aromatic hydroxyl groups is 1. The average Bonchev–Trinajstić information content (AvgIpc) is 3.00. The van der Waals surface area contributed by atoms with Gasteiger partial charge in [0, 0.05) is 32.2 Å². The summed E-state index contributed by atoms with van der Waals surface area (Å²) in [5, 5.41) is 10.1. The number of phenolic OH excluding ortho intramolecular Hbond substituents is 1. The smallest absolute Gasteiger partial charge is 0.257 e. The summed E-state index contributed by atoms with van der Waals surface area (Å²) in [5.41, 5.74) is 1.16. The van der Waals surface area contributed by atoms with Crippen LogP contribution in [-0.2, 0) is 4.74 Å². The molecule has 1 N–H and O–H groups in total. The first-order valence-electron chi connectivity index (χ1n) is 7.56. The summed E-state index contributed by atoms with van der Waals surface area (Å²) in [4.78, 5) is 16.8. The minimum atomic E-state index is -0.0630. The van der Waals surface area contributed by atoms with Crippen molar-refractivity contribution in [2.75, 3.05) is 39.4 Å². The molecule has 5 nitrogen and oxygen atoms in total. The molecule has 3 rings (SSSR count). The number of rotatable bonds is 2. The van der Waals surface area contributed by atoms with Crippen molar-refractivity contribution in [3.05, 3.63) is 29.3 Å². The van der Waals surface area contributed by atoms with E-state index < -0.39 is 0 Å². The number of likely N-dealkylation sites (tertiary alicyclic amines) is 1. The van der Waals surface area contributed by atoms with Gasteiger partial charge in [0.15, 0.2) is 0 Å². The number of aryl methyl sites for hydroxylation is 1. The number of carbonyl (C=O) groups is 1. The molecule has 1 unspecified atom stereocenters. The molecule has 1 amide bonds. The molecular weight excluding hydrogens is 268 g/mol. The Morgan fingerprint density at radius 3 is 2.81 bits per heavy atom. The first-order chi connectivity index (χ1) is 10.2. The van der Waals surface area contributed by atoms with Gasteiger partial charge in [0.1, 0.15) is 5.75 Å². The minimum Gasteiger partial charge on any atom is -0.507 e. The fraction of sp³-hybridized carbons (Fsp3) is 0.562. The fourth-order valence-electron chi connectivity index (χ4n) is 3.17. The first-order valence-corrected chi connectivity index (χ1v) is 7.56. The molecule has 0 aliphatic carbocycles. The van der Waals surface area contributed by atoms with Crippen LogP contribution in [0.3, 0.4) is 0 Å². The third-order valence-electron chi connectivity index (χ3n) is 4.48. The largest absolute Gasteiger partial charge is 0.507 e. The van der Waals surface area contributed by atoms with Gasteiger partial charge in [0.25, 0.3) is 5.91 Å². The molecule has 0 saturated carbocycles. The van der Waals surface area contributed by atoms with Crippen molar-refractivity contribution in [1.82, 2.24) is 9.80 Å². The highest BCUT2D eigenvalue weighted by Gasteiger charge is 2.32. The van der Waals surface area contributed by atoms with Crippen LogP contribution in [0.1, 0.15) is 22.3 Å². The van der Waals surface area contributed by atoms with E-state index in [-0.39, 0.29) is 11.7 Å². The Labute approximate surface area is 125 Å². The van der Waals surface area contributed by atoms with E-state index in [0.29, 0.717) is 11.6 Å². The van der Waals surface area contributed by atoms with Gasteiger partial charge in [0.2, 0.25) is 0 Å². The topological polar surface area (TPSA) is 53.0 Å². The molecule has 0 aromatic heterocycles. The Balaban J connectivity index is 1.68. The summed E-state index contributed by atoms with van der Waals surface area (Å²) in [6.45, 7) is 6.77. The van der Waals surface area contributed by atoms with Crippen LogP contribution in [0.2, 0.25) is 0 Å². The monoisotopic (exact) mass is 290 g/mol. The minimum absolute atomic E-state index is 0.0630. The highest BCUT2D eigenvalue weighted by molar-refractivity contribution is 5.97. The summed E-state index contributed by atoms with van der Waals surface area (Å²) in [6, 6.07) is 5.75. The van der Waals surface area contributed by atoms with Gasteiger partial charge in [-0.05, 0) is 25.0 Å². The predicted octanol–water partition coefficient (Wildman–Crippen LogP) is 1.25. The summed E-state index contributed by atoms with van der Waals surface area (Å²) < 4.78 is 5.38. The van der Waals surface area contributed by atoms with E-state index in [9.17, 15) is 9.90 Å². The zero-order chi connectivity index (χ0) is 14.8. The number of morpholine rings is 1. The van der Waals surface area contributed by atoms with Crippen LogP contribution in [0.15, 0.2) is 18.2 Å². The highest BCUT2D eigenvalue weighted by Crippen LogP contribution is 2.25. The first kappa shape index (κ1) is 14.4. The molecule has 5 heteroatoms. The van der Waals surface area contributed by atoms with Crippen LogP contribution in [-0.4, -0.2) is 66.2 Å². The van der Waals surface area contributed by atoms with Crippen molar-refractivity contribution in [2.45, 2.75) is 19.4 Å². The maximum atomic E-state index is 12.6. The fourth-order valence-corrected chi connectivity index (χ4v) is 3.17. The van der Waals surface area contributed by atoms with Gasteiger partial charge < -0.3 is 14.7 Å². The van der Waals surface area contributed by atoms with Gasteiger partial charge in [-0.3, -0.25) is 9.69 Å². The second-order valence-electron chi connectivity index (χ2n) is 5.81. The summed E-state index contributed by atoms with van der Waals surface area (Å²) in [7, 11) is 0. The predicted molar refractivity (Wildman–Crippen MR) is 79.5 cm³/mol. The lowest BCUT2D eigenvalue weighted by Crippen LogP contribution is -2.45. The van der Waals surface area contributed by atoms with Crippen LogP contribution in [0, 0.1) is 6.92 Å². The molecule has 1 aromatic carbocycles. The molecule has 0 bridgehead atoms. The number of benzene rings is 1. The summed E-state index contributed by atoms with van der Waals surface area (Å²) >= 11 is 0. The molecule has 0 radical (unpaired) electrons. The van der Waals surface area contributed by atoms with Crippen molar-refractivity contribution in [3.8, 4) is 5.75 Å². The SMILES string of the molecule is Cc1cccc(C(=O)N2CCC(N3CCOCC3)C2)c1O. The average molecular weight is 290 g/mol. The van der Waals surface area contributed by atoms with Gasteiger partial charge in [-0.1, -0.05) is 12.1 Å². The molecular formula is C16H22N2O3. The Kier molecular flexibility index (Phi) is 4.12. The van der Waals surface area contributed by atoms with Gasteiger partial charge >= 0.3 is 0 Å². The van der Waals surface area contributed by atoms with E-state index in [1.807, 2.05) is 24.0 Å². The number of hydrogen-bond acceptors (Lipinski definition) is 4. The molecule has 21 heavy (non-hydrogen) atoms. The van der Waals surface area contributed by atoms with E-state index in [1.165, 1.54) is 0 Å². The third kappa shape index (κ3) is 2.89. The van der Waals surface area contributed by atoms with E-state index in [1.54, 1.807) is 6.07 Å². The number of phenols is 1. The Morgan fingerprint density at radius 2 is 2.05 bits per heavy atom. The van der Waals surface area contributed by atoms with E-state index >= 15 is 0 Å². The zero-order valence-electron chi connectivity index (χ0n) is 12.4. The molecule has 0 spiro atoms. The number of carbonyl (C=O) groups excluding carboxylic acids is 1. The van der Waals surface area contributed by atoms with Gasteiger partial charge in [-0.25, -0.2) is 0 Å². The van der Waals surface area contributed by atoms with E-state index in [4.69, 9.17) is 4.74 Å². The van der Waals surface area contributed by atoms with Crippen molar-refractivity contribution < 1.29 is 14.6 Å². The lowest BCUT2D eigenvalue weighted by atomic mass is 10.1. The zero-order valence-corrected chi connectivity index (χ0v) is 12.4. The van der Waals surface area contributed by atoms with Crippen LogP contribution in [0.25, 0.3) is 0 Å². The number of ether oxygens (including phenoxy) is 1. The van der Waals surface area contributed by atoms with Gasteiger partial charge in [-0.15, -0.1) is 0 Å². The third-order valence-corrected chi connectivity index (χ3v) is 4.48. The molecule has 1 atom stereocenters. The standard InChI is InChI=1S/C16H22N2O3/c1-12-3-2-4-14(15(12)19)16(20)18-6-5-13(11-18)17-7-9-21-10-8-17/h2-4,13,19H,5-11H2,1H3. The van der Waals surface area contributed by atoms with E-state index in [2.05, 4.69) is 4.90 Å². The van der Waals surface area contributed by atoms with E-state index in [0.717, 1.165) is 51.4 Å². The lowest BCUT2D eigenvalue weighted by molar-refractivity contribution is 0.0185. The second kappa shape index (κ2) is 6.03. The van der Waals surface area contributed by atoms with Gasteiger partial charge in [-0.2, -0.15) is 0 Å². The number of nitrogens with zero attached hydrogens (tertiary/aromatic N) is 2. The Bertz CT molecular complexity index is 526. The van der Waals surface area contributed by atoms with Crippen molar-refractivity contribution in [3.63, 3.8) is 0 Å². The highest BCUT2D eigenvalue weighted by atomic mass is 16.5. The quantitative estimate of drug-likeness (QED) is 0.890. The van der Waals surface area contributed by atoms with Crippen molar-refractivity contribution in [1.29, 1.82) is 0 Å². The van der Waals surface area contributed by atoms with Crippen molar-refractivity contribution in [2.24, 2.45) is 0 Å². The molecule has 114 valence electrons.